The summed E-state index contributed by atoms with van der Waals surface area (Å²) in [5, 5.41) is 11.4. The molecule has 1 N–H and O–H groups in total. The van der Waals surface area contributed by atoms with Crippen molar-refractivity contribution in [1.82, 2.24) is 0 Å². The topological polar surface area (TPSA) is 53.6 Å². The van der Waals surface area contributed by atoms with Crippen molar-refractivity contribution < 1.29 is 19.2 Å². The summed E-state index contributed by atoms with van der Waals surface area (Å²) in [4.78, 5) is 12.8. The number of aliphatic carboxylic acids is 1. The molecule has 0 bridgehead atoms. The summed E-state index contributed by atoms with van der Waals surface area (Å²) in [5.41, 5.74) is 3.08. The van der Waals surface area contributed by atoms with Crippen LogP contribution in [0.4, 0.5) is 5.69 Å². The van der Waals surface area contributed by atoms with E-state index in [4.69, 9.17) is 33.0 Å². The summed E-state index contributed by atoms with van der Waals surface area (Å²) in [6.45, 7) is 2.85. The monoisotopic (exact) mass is 503 g/mol. The maximum absolute atomic E-state index is 10.8. The Hall–Kier alpha value is -2.54. The maximum Gasteiger partial charge on any atom is 0.303 e. The standard InChI is InChI=1S/C25H24Cl2N2O3S/c1-16(12-23-28(2)19-14-17(26)7-9-21(19)32-23)13-24-29(11-5-3-4-6-25(30)31)20-15-18(27)8-10-22(20)33-24/h7-10,12-15H,3-6,11H2,1-2H3/p+1. The summed E-state index contributed by atoms with van der Waals surface area (Å²) in [5.74, 6) is 0.783. The molecule has 0 atom stereocenters. The van der Waals surface area contributed by atoms with Gasteiger partial charge in [0.2, 0.25) is 11.4 Å². The average molecular weight is 504 g/mol. The summed E-state index contributed by atoms with van der Waals surface area (Å²) in [6, 6.07) is 11.5. The van der Waals surface area contributed by atoms with E-state index in [1.165, 1.54) is 0 Å². The Balaban J connectivity index is 1.59. The number of nitrogens with zero attached hydrogens (tertiary/aromatic N) is 2. The number of rotatable bonds is 8. The Morgan fingerprint density at radius 3 is 2.70 bits per heavy atom. The summed E-state index contributed by atoms with van der Waals surface area (Å²) >= 11 is 14.1. The van der Waals surface area contributed by atoms with Crippen LogP contribution in [0.25, 0.3) is 16.3 Å². The number of allylic oxidation sites excluding steroid dienone is 2. The van der Waals surface area contributed by atoms with Crippen molar-refractivity contribution in [2.75, 3.05) is 11.9 Å². The number of thiazole rings is 1. The highest BCUT2D eigenvalue weighted by Gasteiger charge is 2.24. The van der Waals surface area contributed by atoms with Gasteiger partial charge in [0.05, 0.1) is 5.69 Å². The molecule has 2 heterocycles. The van der Waals surface area contributed by atoms with Crippen molar-refractivity contribution in [2.24, 2.45) is 0 Å². The van der Waals surface area contributed by atoms with Crippen LogP contribution in [0.2, 0.25) is 10.0 Å². The Morgan fingerprint density at radius 2 is 1.91 bits per heavy atom. The first-order valence-corrected chi connectivity index (χ1v) is 12.3. The molecule has 0 radical (unpaired) electrons. The van der Waals surface area contributed by atoms with E-state index in [0.29, 0.717) is 16.5 Å². The second kappa shape index (κ2) is 10.2. The third-order valence-corrected chi connectivity index (χ3v) is 7.08. The second-order valence-corrected chi connectivity index (χ2v) is 9.99. The van der Waals surface area contributed by atoms with Crippen LogP contribution >= 0.6 is 34.5 Å². The highest BCUT2D eigenvalue weighted by Crippen LogP contribution is 2.39. The zero-order valence-corrected chi connectivity index (χ0v) is 20.8. The quantitative estimate of drug-likeness (QED) is 0.268. The first-order valence-electron chi connectivity index (χ1n) is 10.8. The fraction of sp³-hybridized carbons (Fsp3) is 0.280. The molecule has 1 aliphatic rings. The predicted molar refractivity (Wildman–Crippen MR) is 135 cm³/mol. The van der Waals surface area contributed by atoms with Gasteiger partial charge in [-0.1, -0.05) is 34.5 Å². The molecule has 5 nitrogen and oxygen atoms in total. The van der Waals surface area contributed by atoms with Crippen LogP contribution in [0.1, 0.15) is 37.6 Å². The van der Waals surface area contributed by atoms with Crippen LogP contribution in [0.15, 0.2) is 53.9 Å². The van der Waals surface area contributed by atoms with E-state index in [1.54, 1.807) is 11.3 Å². The number of aryl methyl sites for hydroxylation is 1. The number of halogens is 2. The average Bonchev–Trinajstić information content (AvgIpc) is 3.24. The molecule has 0 aliphatic carbocycles. The highest BCUT2D eigenvalue weighted by molar-refractivity contribution is 7.18. The van der Waals surface area contributed by atoms with Crippen LogP contribution in [-0.4, -0.2) is 18.1 Å². The molecule has 0 amide bonds. The largest absolute Gasteiger partial charge is 0.481 e. The number of unbranched alkanes of at least 4 members (excludes halogenated alkanes) is 2. The lowest BCUT2D eigenvalue weighted by molar-refractivity contribution is -0.669. The number of fused-ring (bicyclic) bond motifs is 2. The van der Waals surface area contributed by atoms with Gasteiger partial charge in [-0.05, 0) is 55.7 Å². The Kier molecular flexibility index (Phi) is 7.27. The number of hydrogen-bond donors (Lipinski definition) is 1. The summed E-state index contributed by atoms with van der Waals surface area (Å²) < 4.78 is 9.44. The van der Waals surface area contributed by atoms with E-state index in [-0.39, 0.29) is 6.42 Å². The number of carboxylic acids is 1. The van der Waals surface area contributed by atoms with Gasteiger partial charge < -0.3 is 14.7 Å². The SMILES string of the molecule is CC(=Cc1sc2ccc(Cl)cc2[n+]1CCCCCC(=O)O)C=C1Oc2ccc(Cl)cc2N1C. The lowest BCUT2D eigenvalue weighted by atomic mass is 10.2. The van der Waals surface area contributed by atoms with Crippen molar-refractivity contribution in [3.05, 3.63) is 69.0 Å². The van der Waals surface area contributed by atoms with Crippen LogP contribution in [0.3, 0.4) is 0 Å². The van der Waals surface area contributed by atoms with Crippen molar-refractivity contribution in [1.29, 1.82) is 0 Å². The normalized spacial score (nSPS) is 14.7. The number of ether oxygens (including phenoxy) is 1. The number of carboxylic acid groups (broad SMARTS) is 1. The van der Waals surface area contributed by atoms with Crippen molar-refractivity contribution >= 4 is 62.5 Å². The minimum absolute atomic E-state index is 0.210. The van der Waals surface area contributed by atoms with Crippen LogP contribution in [-0.2, 0) is 11.3 Å². The summed E-state index contributed by atoms with van der Waals surface area (Å²) in [6.07, 6.45) is 6.82. The molecular formula is C25H25Cl2N2O3S+. The van der Waals surface area contributed by atoms with Crippen molar-refractivity contribution in [3.8, 4) is 5.75 Å². The van der Waals surface area contributed by atoms with E-state index in [0.717, 1.165) is 57.5 Å². The highest BCUT2D eigenvalue weighted by atomic mass is 35.5. The Labute approximate surface area is 207 Å². The number of anilines is 1. The predicted octanol–water partition coefficient (Wildman–Crippen LogP) is 6.91. The Bertz CT molecular complexity index is 1270. The molecule has 4 rings (SSSR count). The molecule has 1 aliphatic heterocycles. The second-order valence-electron chi connectivity index (χ2n) is 8.05. The fourth-order valence-electron chi connectivity index (χ4n) is 3.83. The van der Waals surface area contributed by atoms with Gasteiger partial charge >= 0.3 is 5.97 Å². The van der Waals surface area contributed by atoms with Crippen molar-refractivity contribution in [3.63, 3.8) is 0 Å². The number of aromatic nitrogens is 1. The molecule has 0 spiro atoms. The molecule has 1 aromatic heterocycles. The molecular weight excluding hydrogens is 479 g/mol. The van der Waals surface area contributed by atoms with E-state index >= 15 is 0 Å². The van der Waals surface area contributed by atoms with Gasteiger partial charge in [-0.2, -0.15) is 4.57 Å². The molecule has 33 heavy (non-hydrogen) atoms. The zero-order valence-electron chi connectivity index (χ0n) is 18.5. The third-order valence-electron chi connectivity index (χ3n) is 5.49. The van der Waals surface area contributed by atoms with Crippen LogP contribution in [0.5, 0.6) is 5.75 Å². The number of carbonyl (C=O) groups is 1. The van der Waals surface area contributed by atoms with Gasteiger partial charge in [0.1, 0.15) is 4.70 Å². The minimum Gasteiger partial charge on any atom is -0.481 e. The number of hydrogen-bond acceptors (Lipinski definition) is 4. The lowest BCUT2D eigenvalue weighted by Gasteiger charge is -2.11. The van der Waals surface area contributed by atoms with Crippen LogP contribution in [0, 0.1) is 0 Å². The van der Waals surface area contributed by atoms with Gasteiger partial charge in [0, 0.05) is 48.2 Å². The maximum atomic E-state index is 10.8. The van der Waals surface area contributed by atoms with Gasteiger partial charge in [0.15, 0.2) is 12.3 Å². The minimum atomic E-state index is -0.744. The van der Waals surface area contributed by atoms with E-state index in [1.807, 2.05) is 54.4 Å². The first kappa shape index (κ1) is 23.6. The molecule has 2 aromatic carbocycles. The molecule has 3 aromatic rings. The summed E-state index contributed by atoms with van der Waals surface area (Å²) in [7, 11) is 1.96. The molecule has 172 valence electrons. The van der Waals surface area contributed by atoms with E-state index in [2.05, 4.69) is 17.6 Å². The molecule has 0 unspecified atom stereocenters. The van der Waals surface area contributed by atoms with E-state index in [9.17, 15) is 4.79 Å². The molecule has 0 saturated heterocycles. The van der Waals surface area contributed by atoms with Gasteiger partial charge in [-0.25, -0.2) is 0 Å². The van der Waals surface area contributed by atoms with Crippen molar-refractivity contribution in [2.45, 2.75) is 39.2 Å². The number of benzene rings is 2. The zero-order chi connectivity index (χ0) is 23.5. The smallest absolute Gasteiger partial charge is 0.303 e. The molecule has 8 heteroatoms. The fourth-order valence-corrected chi connectivity index (χ4v) is 5.34. The van der Waals surface area contributed by atoms with Gasteiger partial charge in [-0.15, -0.1) is 0 Å². The van der Waals surface area contributed by atoms with E-state index < -0.39 is 5.97 Å². The van der Waals surface area contributed by atoms with Crippen LogP contribution < -0.4 is 14.2 Å². The molecule has 0 saturated carbocycles. The van der Waals surface area contributed by atoms with Gasteiger partial charge in [-0.3, -0.25) is 4.79 Å². The molecule has 0 fully saturated rings. The lowest BCUT2D eigenvalue weighted by Crippen LogP contribution is -2.35. The Morgan fingerprint density at radius 1 is 1.15 bits per heavy atom. The van der Waals surface area contributed by atoms with Gasteiger partial charge in [0.25, 0.3) is 5.01 Å². The third kappa shape index (κ3) is 5.52. The first-order chi connectivity index (χ1) is 15.8.